The summed E-state index contributed by atoms with van der Waals surface area (Å²) in [7, 11) is 0. The highest BCUT2D eigenvalue weighted by atomic mass is 16.6. The summed E-state index contributed by atoms with van der Waals surface area (Å²) in [5, 5.41) is 0. The minimum absolute atomic E-state index is 0.0375. The minimum atomic E-state index is -0.602. The lowest BCUT2D eigenvalue weighted by Gasteiger charge is -2.34. The Morgan fingerprint density at radius 1 is 1.03 bits per heavy atom. The normalized spacial score (nSPS) is 24.9. The number of carbonyl (C=O) groups excluding carboxylic acids is 2. The van der Waals surface area contributed by atoms with E-state index in [1.807, 2.05) is 37.3 Å². The Balaban J connectivity index is 1.48. The predicted molar refractivity (Wildman–Crippen MR) is 127 cm³/mol. The molecule has 0 aromatic heterocycles. The van der Waals surface area contributed by atoms with Crippen molar-refractivity contribution in [1.29, 1.82) is 0 Å². The standard InChI is InChI=1S/C28H29NO4/c1-18-25(28(31)33-17-22-9-6-16-32-22)26(27-23(29-18)10-5-11-24(27)30)21-14-12-20(13-15-21)19-7-3-2-4-8-19/h2-4,7-8,12-15,22,25-26H,5-6,9-11,16-17H2,1H3/t22-,25?,26-/m0/s1. The fraction of sp³-hybridized carbons (Fsp3) is 0.393. The number of ether oxygens (including phenoxy) is 2. The van der Waals surface area contributed by atoms with Crippen molar-refractivity contribution in [3.05, 3.63) is 71.4 Å². The molecule has 0 radical (unpaired) electrons. The van der Waals surface area contributed by atoms with E-state index in [4.69, 9.17) is 14.5 Å². The maximum atomic E-state index is 13.3. The zero-order valence-corrected chi connectivity index (χ0v) is 19.0. The lowest BCUT2D eigenvalue weighted by atomic mass is 9.71. The van der Waals surface area contributed by atoms with Crippen LogP contribution in [0.3, 0.4) is 0 Å². The molecule has 1 fully saturated rings. The number of carbonyl (C=O) groups is 2. The highest BCUT2D eigenvalue weighted by molar-refractivity contribution is 6.08. The number of aliphatic imine (C=N–C) groups is 1. The molecule has 3 atom stereocenters. The minimum Gasteiger partial charge on any atom is -0.462 e. The molecule has 2 heterocycles. The molecule has 1 unspecified atom stereocenters. The second-order valence-electron chi connectivity index (χ2n) is 9.10. The van der Waals surface area contributed by atoms with Crippen molar-refractivity contribution in [3.63, 3.8) is 0 Å². The third-order valence-electron chi connectivity index (χ3n) is 6.90. The first-order chi connectivity index (χ1) is 16.1. The second-order valence-corrected chi connectivity index (χ2v) is 9.10. The molecule has 3 aliphatic rings. The average Bonchev–Trinajstić information content (AvgIpc) is 3.36. The number of esters is 1. The summed E-state index contributed by atoms with van der Waals surface area (Å²) in [6.07, 6.45) is 3.95. The molecule has 1 aliphatic carbocycles. The SMILES string of the molecule is CC1=NC2=C(C(=O)CCC2)[C@@H](c2ccc(-c3ccccc3)cc2)C1C(=O)OC[C@@H]1CCCO1. The Hall–Kier alpha value is -3.05. The fourth-order valence-corrected chi connectivity index (χ4v) is 5.23. The molecule has 0 amide bonds. The van der Waals surface area contributed by atoms with Crippen LogP contribution in [0.15, 0.2) is 70.9 Å². The van der Waals surface area contributed by atoms with Crippen LogP contribution in [-0.2, 0) is 19.1 Å². The Kier molecular flexibility index (Phi) is 6.23. The molecule has 5 nitrogen and oxygen atoms in total. The van der Waals surface area contributed by atoms with Crippen LogP contribution < -0.4 is 0 Å². The summed E-state index contributed by atoms with van der Waals surface area (Å²) in [5.41, 5.74) is 5.43. The molecule has 33 heavy (non-hydrogen) atoms. The van der Waals surface area contributed by atoms with Gasteiger partial charge in [-0.1, -0.05) is 54.6 Å². The largest absolute Gasteiger partial charge is 0.462 e. The van der Waals surface area contributed by atoms with Crippen LogP contribution in [0.2, 0.25) is 0 Å². The number of allylic oxidation sites excluding steroid dienone is 2. The molecular formula is C28H29NO4. The number of Topliss-reactive ketones (excluding diaryl/α,β-unsaturated/α-hetero) is 1. The molecule has 0 saturated carbocycles. The third-order valence-corrected chi connectivity index (χ3v) is 6.90. The second kappa shape index (κ2) is 9.44. The van der Waals surface area contributed by atoms with Crippen LogP contribution in [0.4, 0.5) is 0 Å². The smallest absolute Gasteiger partial charge is 0.315 e. The summed E-state index contributed by atoms with van der Waals surface area (Å²) in [4.78, 5) is 31.1. The van der Waals surface area contributed by atoms with Crippen LogP contribution in [-0.4, -0.2) is 36.8 Å². The van der Waals surface area contributed by atoms with E-state index in [-0.39, 0.29) is 30.4 Å². The van der Waals surface area contributed by atoms with Crippen LogP contribution in [0.25, 0.3) is 11.1 Å². The molecular weight excluding hydrogens is 414 g/mol. The molecule has 2 aliphatic heterocycles. The van der Waals surface area contributed by atoms with Gasteiger partial charge in [-0.25, -0.2) is 0 Å². The van der Waals surface area contributed by atoms with Gasteiger partial charge in [-0.3, -0.25) is 14.6 Å². The molecule has 5 rings (SSSR count). The Labute approximate surface area is 194 Å². The van der Waals surface area contributed by atoms with Crippen molar-refractivity contribution in [3.8, 4) is 11.1 Å². The number of rotatable bonds is 5. The van der Waals surface area contributed by atoms with Gasteiger partial charge < -0.3 is 9.47 Å². The van der Waals surface area contributed by atoms with E-state index < -0.39 is 5.92 Å². The zero-order chi connectivity index (χ0) is 22.8. The maximum Gasteiger partial charge on any atom is 0.315 e. The van der Waals surface area contributed by atoms with Gasteiger partial charge >= 0.3 is 5.97 Å². The highest BCUT2D eigenvalue weighted by Gasteiger charge is 2.43. The fourth-order valence-electron chi connectivity index (χ4n) is 5.23. The molecule has 2 aromatic rings. The van der Waals surface area contributed by atoms with Gasteiger partial charge in [-0.2, -0.15) is 0 Å². The number of hydrogen-bond acceptors (Lipinski definition) is 5. The summed E-state index contributed by atoms with van der Waals surface area (Å²) in [5.74, 6) is -1.20. The van der Waals surface area contributed by atoms with E-state index in [1.165, 1.54) is 0 Å². The number of hydrogen-bond donors (Lipinski definition) is 0. The van der Waals surface area contributed by atoms with Crippen molar-refractivity contribution < 1.29 is 19.1 Å². The van der Waals surface area contributed by atoms with E-state index in [1.54, 1.807) is 0 Å². The van der Waals surface area contributed by atoms with Gasteiger partial charge in [0.15, 0.2) is 5.78 Å². The van der Waals surface area contributed by atoms with Crippen molar-refractivity contribution >= 4 is 17.5 Å². The van der Waals surface area contributed by atoms with Crippen molar-refractivity contribution in [2.45, 2.75) is 51.0 Å². The van der Waals surface area contributed by atoms with Crippen molar-refractivity contribution in [2.75, 3.05) is 13.2 Å². The summed E-state index contributed by atoms with van der Waals surface area (Å²) in [6.45, 7) is 2.85. The third kappa shape index (κ3) is 4.42. The lowest BCUT2D eigenvalue weighted by molar-refractivity contribution is -0.149. The van der Waals surface area contributed by atoms with Gasteiger partial charge in [-0.15, -0.1) is 0 Å². The van der Waals surface area contributed by atoms with Gasteiger partial charge in [0.2, 0.25) is 0 Å². The monoisotopic (exact) mass is 443 g/mol. The van der Waals surface area contributed by atoms with Gasteiger partial charge in [0.05, 0.1) is 6.10 Å². The molecule has 0 bridgehead atoms. The van der Waals surface area contributed by atoms with Crippen molar-refractivity contribution in [2.24, 2.45) is 10.9 Å². The van der Waals surface area contributed by atoms with E-state index in [9.17, 15) is 9.59 Å². The first-order valence-corrected chi connectivity index (χ1v) is 11.9. The molecule has 0 spiro atoms. The van der Waals surface area contributed by atoms with Gasteiger partial charge in [0, 0.05) is 35.9 Å². The van der Waals surface area contributed by atoms with Crippen LogP contribution in [0.1, 0.15) is 50.5 Å². The predicted octanol–water partition coefficient (Wildman–Crippen LogP) is 5.26. The van der Waals surface area contributed by atoms with Crippen LogP contribution in [0.5, 0.6) is 0 Å². The Morgan fingerprint density at radius 3 is 2.52 bits per heavy atom. The molecule has 1 saturated heterocycles. The lowest BCUT2D eigenvalue weighted by Crippen LogP contribution is -2.38. The van der Waals surface area contributed by atoms with E-state index >= 15 is 0 Å². The number of benzene rings is 2. The van der Waals surface area contributed by atoms with Crippen LogP contribution in [0, 0.1) is 5.92 Å². The van der Waals surface area contributed by atoms with Crippen LogP contribution >= 0.6 is 0 Å². The Bertz CT molecular complexity index is 1090. The molecule has 5 heteroatoms. The first-order valence-electron chi connectivity index (χ1n) is 11.9. The topological polar surface area (TPSA) is 65.0 Å². The molecule has 0 N–H and O–H groups in total. The quantitative estimate of drug-likeness (QED) is 0.592. The number of nitrogens with zero attached hydrogens (tertiary/aromatic N) is 1. The van der Waals surface area contributed by atoms with E-state index in [2.05, 4.69) is 24.3 Å². The number of ketones is 1. The maximum absolute atomic E-state index is 13.3. The molecule has 170 valence electrons. The Morgan fingerprint density at radius 2 is 1.79 bits per heavy atom. The first kappa shape index (κ1) is 21.8. The van der Waals surface area contributed by atoms with E-state index in [0.29, 0.717) is 18.6 Å². The zero-order valence-electron chi connectivity index (χ0n) is 19.0. The van der Waals surface area contributed by atoms with Gasteiger partial charge in [0.25, 0.3) is 0 Å². The van der Waals surface area contributed by atoms with E-state index in [0.717, 1.165) is 53.8 Å². The van der Waals surface area contributed by atoms with Gasteiger partial charge in [-0.05, 0) is 49.3 Å². The highest BCUT2D eigenvalue weighted by Crippen LogP contribution is 2.44. The summed E-state index contributed by atoms with van der Waals surface area (Å²) < 4.78 is 11.3. The molecule has 2 aromatic carbocycles. The van der Waals surface area contributed by atoms with Gasteiger partial charge in [0.1, 0.15) is 12.5 Å². The summed E-state index contributed by atoms with van der Waals surface area (Å²) >= 11 is 0. The average molecular weight is 444 g/mol. The summed E-state index contributed by atoms with van der Waals surface area (Å²) in [6, 6.07) is 18.4. The van der Waals surface area contributed by atoms with Crippen molar-refractivity contribution in [1.82, 2.24) is 0 Å².